The van der Waals surface area contributed by atoms with Gasteiger partial charge in [0.15, 0.2) is 11.5 Å². The molecule has 0 fully saturated rings. The summed E-state index contributed by atoms with van der Waals surface area (Å²) < 4.78 is 7.48. The van der Waals surface area contributed by atoms with Gasteiger partial charge >= 0.3 is 0 Å². The number of nitrogen functional groups attached to an aromatic ring is 1. The Labute approximate surface area is 129 Å². The lowest BCUT2D eigenvalue weighted by Gasteiger charge is -2.11. The molecule has 3 rings (SSSR count). The van der Waals surface area contributed by atoms with Crippen LogP contribution in [0.1, 0.15) is 19.4 Å². The highest BCUT2D eigenvalue weighted by Gasteiger charge is 2.10. The maximum absolute atomic E-state index is 6.08. The monoisotopic (exact) mass is 296 g/mol. The lowest BCUT2D eigenvalue weighted by molar-refractivity contribution is 0.272. The van der Waals surface area contributed by atoms with E-state index < -0.39 is 0 Å². The quantitative estimate of drug-likeness (QED) is 0.750. The van der Waals surface area contributed by atoms with Gasteiger partial charge in [-0.1, -0.05) is 19.9 Å². The molecule has 0 unspecified atom stereocenters. The van der Waals surface area contributed by atoms with E-state index in [0.29, 0.717) is 29.8 Å². The Kier molecular flexibility index (Phi) is 3.71. The molecule has 2 aromatic heterocycles. The maximum Gasteiger partial charge on any atom is 0.182 e. The molecule has 0 amide bonds. The van der Waals surface area contributed by atoms with E-state index in [1.807, 2.05) is 43.5 Å². The fraction of sp³-hybridized carbons (Fsp3) is 0.294. The molecule has 5 nitrogen and oxygen atoms in total. The van der Waals surface area contributed by atoms with Crippen LogP contribution in [-0.4, -0.2) is 21.2 Å². The Morgan fingerprint density at radius 3 is 2.77 bits per heavy atom. The largest absolute Gasteiger partial charge is 0.491 e. The van der Waals surface area contributed by atoms with Crippen molar-refractivity contribution in [1.29, 1.82) is 0 Å². The van der Waals surface area contributed by atoms with Crippen LogP contribution in [0.25, 0.3) is 17.0 Å². The standard InChI is InChI=1S/C17H20N4O/c1-11(2)10-22-15-7-6-13(9-14(15)18)16-19-17-12(3)5-4-8-21(17)20-16/h4-9,11H,10,18H2,1-3H3. The van der Waals surface area contributed by atoms with Crippen LogP contribution < -0.4 is 10.5 Å². The van der Waals surface area contributed by atoms with Gasteiger partial charge in [-0.25, -0.2) is 9.50 Å². The molecule has 0 aliphatic rings. The summed E-state index contributed by atoms with van der Waals surface area (Å²) in [6.45, 7) is 6.88. The molecule has 0 bridgehead atoms. The molecule has 0 spiro atoms. The molecular weight excluding hydrogens is 276 g/mol. The van der Waals surface area contributed by atoms with Gasteiger partial charge in [0.05, 0.1) is 12.3 Å². The summed E-state index contributed by atoms with van der Waals surface area (Å²) in [5, 5.41) is 4.50. The smallest absolute Gasteiger partial charge is 0.182 e. The molecule has 2 heterocycles. The molecule has 0 radical (unpaired) electrons. The highest BCUT2D eigenvalue weighted by molar-refractivity contribution is 5.67. The van der Waals surface area contributed by atoms with Gasteiger partial charge in [0, 0.05) is 11.8 Å². The van der Waals surface area contributed by atoms with Crippen LogP contribution in [0.5, 0.6) is 5.75 Å². The molecule has 114 valence electrons. The first-order valence-electron chi connectivity index (χ1n) is 7.39. The number of aryl methyl sites for hydroxylation is 1. The lowest BCUT2D eigenvalue weighted by atomic mass is 10.1. The van der Waals surface area contributed by atoms with Gasteiger partial charge in [0.1, 0.15) is 5.75 Å². The molecule has 0 saturated carbocycles. The number of pyridine rings is 1. The van der Waals surface area contributed by atoms with Gasteiger partial charge in [0.2, 0.25) is 0 Å². The number of ether oxygens (including phenoxy) is 1. The highest BCUT2D eigenvalue weighted by atomic mass is 16.5. The summed E-state index contributed by atoms with van der Waals surface area (Å²) in [6.07, 6.45) is 1.89. The van der Waals surface area contributed by atoms with Crippen molar-refractivity contribution in [2.45, 2.75) is 20.8 Å². The van der Waals surface area contributed by atoms with E-state index in [2.05, 4.69) is 23.9 Å². The van der Waals surface area contributed by atoms with Crippen LogP contribution in [-0.2, 0) is 0 Å². The second-order valence-corrected chi connectivity index (χ2v) is 5.85. The topological polar surface area (TPSA) is 65.4 Å². The maximum atomic E-state index is 6.08. The Balaban J connectivity index is 1.93. The van der Waals surface area contributed by atoms with Gasteiger partial charge in [-0.2, -0.15) is 0 Å². The molecule has 0 saturated heterocycles. The number of fused-ring (bicyclic) bond motifs is 1. The number of benzene rings is 1. The molecule has 2 N–H and O–H groups in total. The van der Waals surface area contributed by atoms with E-state index in [9.17, 15) is 0 Å². The second kappa shape index (κ2) is 5.67. The molecule has 0 aliphatic heterocycles. The number of nitrogens with two attached hydrogens (primary N) is 1. The lowest BCUT2D eigenvalue weighted by Crippen LogP contribution is -2.06. The number of nitrogens with zero attached hydrogens (tertiary/aromatic N) is 3. The zero-order valence-corrected chi connectivity index (χ0v) is 13.1. The molecule has 0 aliphatic carbocycles. The summed E-state index contributed by atoms with van der Waals surface area (Å²) >= 11 is 0. The Morgan fingerprint density at radius 2 is 2.09 bits per heavy atom. The van der Waals surface area contributed by atoms with E-state index >= 15 is 0 Å². The minimum absolute atomic E-state index is 0.460. The third kappa shape index (κ3) is 2.74. The summed E-state index contributed by atoms with van der Waals surface area (Å²) in [6, 6.07) is 9.66. The van der Waals surface area contributed by atoms with Crippen molar-refractivity contribution in [1.82, 2.24) is 14.6 Å². The van der Waals surface area contributed by atoms with E-state index in [1.54, 1.807) is 4.52 Å². The molecule has 0 atom stereocenters. The van der Waals surface area contributed by atoms with Crippen LogP contribution in [0, 0.1) is 12.8 Å². The summed E-state index contributed by atoms with van der Waals surface area (Å²) in [4.78, 5) is 4.58. The van der Waals surface area contributed by atoms with Crippen LogP contribution in [0.4, 0.5) is 5.69 Å². The molecule has 22 heavy (non-hydrogen) atoms. The Hall–Kier alpha value is -2.56. The number of rotatable bonds is 4. The van der Waals surface area contributed by atoms with Gasteiger partial charge in [-0.3, -0.25) is 0 Å². The number of hydrogen-bond acceptors (Lipinski definition) is 4. The molecule has 5 heteroatoms. The third-order valence-electron chi connectivity index (χ3n) is 3.40. The van der Waals surface area contributed by atoms with Crippen molar-refractivity contribution in [3.8, 4) is 17.1 Å². The fourth-order valence-electron chi connectivity index (χ4n) is 2.24. The van der Waals surface area contributed by atoms with E-state index in [4.69, 9.17) is 10.5 Å². The SMILES string of the molecule is Cc1cccn2nc(-c3ccc(OCC(C)C)c(N)c3)nc12. The first-order chi connectivity index (χ1) is 10.5. The Morgan fingerprint density at radius 1 is 1.27 bits per heavy atom. The van der Waals surface area contributed by atoms with Crippen LogP contribution in [0.15, 0.2) is 36.5 Å². The zero-order valence-electron chi connectivity index (χ0n) is 13.1. The fourth-order valence-corrected chi connectivity index (χ4v) is 2.24. The normalized spacial score (nSPS) is 11.3. The summed E-state index contributed by atoms with van der Waals surface area (Å²) in [7, 11) is 0. The van der Waals surface area contributed by atoms with Gasteiger partial charge in [0.25, 0.3) is 0 Å². The minimum Gasteiger partial charge on any atom is -0.491 e. The second-order valence-electron chi connectivity index (χ2n) is 5.85. The predicted molar refractivity (Wildman–Crippen MR) is 87.9 cm³/mol. The van der Waals surface area contributed by atoms with Crippen LogP contribution in [0.2, 0.25) is 0 Å². The summed E-state index contributed by atoms with van der Waals surface area (Å²) in [5.74, 6) is 1.83. The van der Waals surface area contributed by atoms with Crippen molar-refractivity contribution in [2.75, 3.05) is 12.3 Å². The van der Waals surface area contributed by atoms with Gasteiger partial charge in [-0.15, -0.1) is 5.10 Å². The van der Waals surface area contributed by atoms with Crippen molar-refractivity contribution >= 4 is 11.3 Å². The van der Waals surface area contributed by atoms with E-state index in [1.165, 1.54) is 0 Å². The predicted octanol–water partition coefficient (Wildman–Crippen LogP) is 3.32. The molecule has 1 aromatic carbocycles. The van der Waals surface area contributed by atoms with Crippen LogP contribution in [0.3, 0.4) is 0 Å². The van der Waals surface area contributed by atoms with Gasteiger partial charge in [-0.05, 0) is 42.7 Å². The first kappa shape index (κ1) is 14.4. The van der Waals surface area contributed by atoms with Gasteiger partial charge < -0.3 is 10.5 Å². The molecule has 3 aromatic rings. The van der Waals surface area contributed by atoms with Crippen molar-refractivity contribution < 1.29 is 4.74 Å². The average Bonchev–Trinajstić information content (AvgIpc) is 2.91. The number of aromatic nitrogens is 3. The first-order valence-corrected chi connectivity index (χ1v) is 7.39. The molecular formula is C17H20N4O. The van der Waals surface area contributed by atoms with Crippen molar-refractivity contribution in [2.24, 2.45) is 5.92 Å². The van der Waals surface area contributed by atoms with Crippen molar-refractivity contribution in [3.05, 3.63) is 42.1 Å². The van der Waals surface area contributed by atoms with E-state index in [-0.39, 0.29) is 0 Å². The Bertz CT molecular complexity index is 808. The zero-order chi connectivity index (χ0) is 15.7. The number of anilines is 1. The highest BCUT2D eigenvalue weighted by Crippen LogP contribution is 2.27. The number of hydrogen-bond donors (Lipinski definition) is 1. The summed E-state index contributed by atoms with van der Waals surface area (Å²) in [5.41, 5.74) is 9.52. The minimum atomic E-state index is 0.460. The van der Waals surface area contributed by atoms with E-state index in [0.717, 1.165) is 16.8 Å². The van der Waals surface area contributed by atoms with Crippen LogP contribution >= 0.6 is 0 Å². The van der Waals surface area contributed by atoms with Crippen molar-refractivity contribution in [3.63, 3.8) is 0 Å². The average molecular weight is 296 g/mol. The third-order valence-corrected chi connectivity index (χ3v) is 3.40.